The maximum absolute atomic E-state index is 12.8. The van der Waals surface area contributed by atoms with Crippen LogP contribution in [0.5, 0.6) is 5.75 Å². The van der Waals surface area contributed by atoms with Crippen LogP contribution >= 0.6 is 0 Å². The number of amides is 2. The second-order valence-electron chi connectivity index (χ2n) is 6.45. The minimum Gasteiger partial charge on any atom is -0.496 e. The summed E-state index contributed by atoms with van der Waals surface area (Å²) in [6.07, 6.45) is 3.22. The fourth-order valence-electron chi connectivity index (χ4n) is 3.20. The normalized spacial score (nSPS) is 18.5. The van der Waals surface area contributed by atoms with E-state index in [-0.39, 0.29) is 17.7 Å². The standard InChI is InChI=1S/C18H24N2O3/c1-13-6-7-16(23-2)15(12-13)18(22)20-10-8-19(9-11-20)17(21)14-4-3-5-14/h6-7,12,14H,3-5,8-11H2,1-2H3. The molecule has 1 saturated heterocycles. The van der Waals surface area contributed by atoms with Gasteiger partial charge in [-0.05, 0) is 31.9 Å². The summed E-state index contributed by atoms with van der Waals surface area (Å²) in [5.41, 5.74) is 1.64. The molecule has 1 aromatic carbocycles. The molecule has 3 rings (SSSR count). The summed E-state index contributed by atoms with van der Waals surface area (Å²) in [5.74, 6) is 1.10. The van der Waals surface area contributed by atoms with Crippen LogP contribution in [0.4, 0.5) is 0 Å². The molecule has 1 aromatic rings. The van der Waals surface area contributed by atoms with Crippen LogP contribution in [0.2, 0.25) is 0 Å². The van der Waals surface area contributed by atoms with Crippen molar-refractivity contribution < 1.29 is 14.3 Å². The van der Waals surface area contributed by atoms with Gasteiger partial charge in [-0.3, -0.25) is 9.59 Å². The number of carbonyl (C=O) groups is 2. The van der Waals surface area contributed by atoms with Gasteiger partial charge in [0.2, 0.25) is 5.91 Å². The first kappa shape index (κ1) is 15.8. The van der Waals surface area contributed by atoms with Crippen LogP contribution in [0.15, 0.2) is 18.2 Å². The number of aryl methyl sites for hydroxylation is 1. The summed E-state index contributed by atoms with van der Waals surface area (Å²) in [7, 11) is 1.58. The fraction of sp³-hybridized carbons (Fsp3) is 0.556. The Morgan fingerprint density at radius 3 is 2.30 bits per heavy atom. The smallest absolute Gasteiger partial charge is 0.257 e. The van der Waals surface area contributed by atoms with E-state index in [0.717, 1.165) is 18.4 Å². The van der Waals surface area contributed by atoms with E-state index in [9.17, 15) is 9.59 Å². The van der Waals surface area contributed by atoms with Crippen molar-refractivity contribution in [1.82, 2.24) is 9.80 Å². The van der Waals surface area contributed by atoms with Crippen LogP contribution in [0, 0.1) is 12.8 Å². The van der Waals surface area contributed by atoms with E-state index >= 15 is 0 Å². The van der Waals surface area contributed by atoms with Crippen molar-refractivity contribution in [2.24, 2.45) is 5.92 Å². The molecule has 1 saturated carbocycles. The van der Waals surface area contributed by atoms with Crippen molar-refractivity contribution in [2.45, 2.75) is 26.2 Å². The topological polar surface area (TPSA) is 49.9 Å². The quantitative estimate of drug-likeness (QED) is 0.858. The second-order valence-corrected chi connectivity index (χ2v) is 6.45. The number of piperazine rings is 1. The number of carbonyl (C=O) groups excluding carboxylic acids is 2. The Kier molecular flexibility index (Phi) is 4.55. The van der Waals surface area contributed by atoms with Crippen molar-refractivity contribution in [2.75, 3.05) is 33.3 Å². The number of hydrogen-bond acceptors (Lipinski definition) is 3. The summed E-state index contributed by atoms with van der Waals surface area (Å²) in [4.78, 5) is 28.8. The van der Waals surface area contributed by atoms with Gasteiger partial charge >= 0.3 is 0 Å². The summed E-state index contributed by atoms with van der Waals surface area (Å²) >= 11 is 0. The average Bonchev–Trinajstić information content (AvgIpc) is 2.52. The molecule has 0 N–H and O–H groups in total. The Hall–Kier alpha value is -2.04. The number of hydrogen-bond donors (Lipinski definition) is 0. The van der Waals surface area contributed by atoms with Crippen molar-refractivity contribution in [1.29, 1.82) is 0 Å². The molecule has 23 heavy (non-hydrogen) atoms. The number of ether oxygens (including phenoxy) is 1. The molecule has 0 aromatic heterocycles. The van der Waals surface area contributed by atoms with Crippen LogP contribution in [0.25, 0.3) is 0 Å². The molecule has 1 aliphatic carbocycles. The fourth-order valence-corrected chi connectivity index (χ4v) is 3.20. The number of benzene rings is 1. The van der Waals surface area contributed by atoms with Gasteiger partial charge in [-0.2, -0.15) is 0 Å². The predicted molar refractivity (Wildman–Crippen MR) is 87.6 cm³/mol. The molecule has 2 aliphatic rings. The van der Waals surface area contributed by atoms with Gasteiger partial charge in [-0.15, -0.1) is 0 Å². The molecular formula is C18H24N2O3. The Morgan fingerprint density at radius 1 is 1.09 bits per heavy atom. The zero-order chi connectivity index (χ0) is 16.4. The van der Waals surface area contributed by atoms with Gasteiger partial charge in [0.05, 0.1) is 12.7 Å². The van der Waals surface area contributed by atoms with Gasteiger partial charge in [0, 0.05) is 32.1 Å². The predicted octanol–water partition coefficient (Wildman–Crippen LogP) is 2.09. The number of methoxy groups -OCH3 is 1. The van der Waals surface area contributed by atoms with Crippen LogP contribution < -0.4 is 4.74 Å². The Labute approximate surface area is 137 Å². The monoisotopic (exact) mass is 316 g/mol. The molecule has 0 radical (unpaired) electrons. The minimum atomic E-state index is -0.0127. The molecule has 0 spiro atoms. The highest BCUT2D eigenvalue weighted by atomic mass is 16.5. The maximum Gasteiger partial charge on any atom is 0.257 e. The van der Waals surface area contributed by atoms with E-state index in [4.69, 9.17) is 4.74 Å². The molecular weight excluding hydrogens is 292 g/mol. The van der Waals surface area contributed by atoms with E-state index < -0.39 is 0 Å². The van der Waals surface area contributed by atoms with Gasteiger partial charge in [0.1, 0.15) is 5.75 Å². The van der Waals surface area contributed by atoms with Gasteiger partial charge in [0.15, 0.2) is 0 Å². The average molecular weight is 316 g/mol. The first-order valence-corrected chi connectivity index (χ1v) is 8.33. The Balaban J connectivity index is 1.64. The van der Waals surface area contributed by atoms with Crippen molar-refractivity contribution >= 4 is 11.8 Å². The molecule has 0 atom stereocenters. The highest BCUT2D eigenvalue weighted by Crippen LogP contribution is 2.29. The molecule has 5 nitrogen and oxygen atoms in total. The lowest BCUT2D eigenvalue weighted by atomic mass is 9.84. The lowest BCUT2D eigenvalue weighted by molar-refractivity contribution is -0.139. The highest BCUT2D eigenvalue weighted by Gasteiger charge is 2.32. The maximum atomic E-state index is 12.8. The van der Waals surface area contributed by atoms with Gasteiger partial charge in [-0.1, -0.05) is 18.1 Å². The van der Waals surface area contributed by atoms with Crippen LogP contribution in [0.1, 0.15) is 35.2 Å². The van der Waals surface area contributed by atoms with Crippen molar-refractivity contribution in [3.05, 3.63) is 29.3 Å². The van der Waals surface area contributed by atoms with Gasteiger partial charge < -0.3 is 14.5 Å². The zero-order valence-corrected chi connectivity index (χ0v) is 13.9. The third-order valence-electron chi connectivity index (χ3n) is 4.92. The molecule has 2 fully saturated rings. The Morgan fingerprint density at radius 2 is 1.74 bits per heavy atom. The summed E-state index contributed by atoms with van der Waals surface area (Å²) < 4.78 is 5.31. The highest BCUT2D eigenvalue weighted by molar-refractivity contribution is 5.97. The number of rotatable bonds is 3. The third-order valence-corrected chi connectivity index (χ3v) is 4.92. The van der Waals surface area contributed by atoms with Gasteiger partial charge in [0.25, 0.3) is 5.91 Å². The van der Waals surface area contributed by atoms with E-state index in [1.807, 2.05) is 34.9 Å². The van der Waals surface area contributed by atoms with Crippen molar-refractivity contribution in [3.8, 4) is 5.75 Å². The molecule has 0 unspecified atom stereocenters. The van der Waals surface area contributed by atoms with E-state index in [0.29, 0.717) is 37.5 Å². The molecule has 124 valence electrons. The molecule has 2 amide bonds. The number of nitrogens with zero attached hydrogens (tertiary/aromatic N) is 2. The third kappa shape index (κ3) is 3.19. The minimum absolute atomic E-state index is 0.0127. The van der Waals surface area contributed by atoms with Crippen LogP contribution in [0.3, 0.4) is 0 Å². The first-order valence-electron chi connectivity index (χ1n) is 8.33. The van der Waals surface area contributed by atoms with E-state index in [1.54, 1.807) is 7.11 Å². The zero-order valence-electron chi connectivity index (χ0n) is 13.9. The Bertz CT molecular complexity index is 602. The van der Waals surface area contributed by atoms with Crippen LogP contribution in [-0.4, -0.2) is 54.9 Å². The summed E-state index contributed by atoms with van der Waals surface area (Å²) in [6.45, 7) is 4.42. The second kappa shape index (κ2) is 6.60. The van der Waals surface area contributed by atoms with Crippen LogP contribution in [-0.2, 0) is 4.79 Å². The first-order chi connectivity index (χ1) is 11.1. The SMILES string of the molecule is COc1ccc(C)cc1C(=O)N1CCN(C(=O)C2CCC2)CC1. The van der Waals surface area contributed by atoms with Crippen molar-refractivity contribution in [3.63, 3.8) is 0 Å². The summed E-state index contributed by atoms with van der Waals surface area (Å²) in [5, 5.41) is 0. The molecule has 5 heteroatoms. The lowest BCUT2D eigenvalue weighted by Gasteiger charge is -2.38. The largest absolute Gasteiger partial charge is 0.496 e. The molecule has 0 bridgehead atoms. The van der Waals surface area contributed by atoms with E-state index in [2.05, 4.69) is 0 Å². The molecule has 1 heterocycles. The lowest BCUT2D eigenvalue weighted by Crippen LogP contribution is -2.52. The summed E-state index contributed by atoms with van der Waals surface area (Å²) in [6, 6.07) is 5.64. The van der Waals surface area contributed by atoms with E-state index in [1.165, 1.54) is 6.42 Å². The molecule has 1 aliphatic heterocycles. The van der Waals surface area contributed by atoms with Gasteiger partial charge in [-0.25, -0.2) is 0 Å².